The fourth-order valence-corrected chi connectivity index (χ4v) is 4.91. The number of hydrogen-bond acceptors (Lipinski definition) is 7. The van der Waals surface area contributed by atoms with Crippen molar-refractivity contribution in [1.29, 1.82) is 5.26 Å². The molecule has 1 aliphatic rings. The molecule has 9 nitrogen and oxygen atoms in total. The molecule has 6 heterocycles. The number of pyridine rings is 3. The van der Waals surface area contributed by atoms with Crippen LogP contribution in [0.15, 0.2) is 67.5 Å². The maximum atomic E-state index is 9.68. The number of aryl methyl sites for hydroxylation is 2. The predicted octanol–water partition coefficient (Wildman–Crippen LogP) is 3.69. The molecule has 0 unspecified atom stereocenters. The van der Waals surface area contributed by atoms with Crippen LogP contribution in [-0.2, 0) is 13.6 Å². The van der Waals surface area contributed by atoms with Crippen LogP contribution < -0.4 is 4.90 Å². The van der Waals surface area contributed by atoms with E-state index in [2.05, 4.69) is 62.2 Å². The van der Waals surface area contributed by atoms with Gasteiger partial charge in [0.2, 0.25) is 0 Å². The van der Waals surface area contributed by atoms with Crippen LogP contribution in [0, 0.1) is 18.3 Å². The highest BCUT2D eigenvalue weighted by molar-refractivity contribution is 5.87. The van der Waals surface area contributed by atoms with Crippen LogP contribution in [0.3, 0.4) is 0 Å². The minimum Gasteiger partial charge on any atom is -0.354 e. The topological polar surface area (TPSA) is 91.2 Å². The summed E-state index contributed by atoms with van der Waals surface area (Å²) in [6.07, 6.45) is 11.1. The van der Waals surface area contributed by atoms with E-state index in [1.807, 2.05) is 44.1 Å². The summed E-state index contributed by atoms with van der Waals surface area (Å²) in [6.45, 7) is 6.76. The Kier molecular flexibility index (Phi) is 5.87. The molecule has 184 valence electrons. The highest BCUT2D eigenvalue weighted by Crippen LogP contribution is 2.32. The first-order valence-electron chi connectivity index (χ1n) is 12.3. The van der Waals surface area contributed by atoms with Crippen LogP contribution in [0.25, 0.3) is 27.8 Å². The van der Waals surface area contributed by atoms with Crippen molar-refractivity contribution in [2.45, 2.75) is 13.5 Å². The number of aromatic nitrogens is 6. The normalized spacial score (nSPS) is 14.2. The second-order valence-electron chi connectivity index (χ2n) is 9.44. The number of rotatable bonds is 5. The maximum absolute atomic E-state index is 9.68. The highest BCUT2D eigenvalue weighted by atomic mass is 15.3. The van der Waals surface area contributed by atoms with E-state index in [9.17, 15) is 5.26 Å². The van der Waals surface area contributed by atoms with Crippen molar-refractivity contribution in [3.63, 3.8) is 0 Å². The molecule has 5 aromatic rings. The molecule has 1 fully saturated rings. The van der Waals surface area contributed by atoms with Gasteiger partial charge >= 0.3 is 0 Å². The number of piperazine rings is 1. The number of nitrogens with zero attached hydrogens (tertiary/aromatic N) is 9. The Morgan fingerprint density at radius 1 is 0.919 bits per heavy atom. The maximum Gasteiger partial charge on any atom is 0.128 e. The summed E-state index contributed by atoms with van der Waals surface area (Å²) in [5.41, 5.74) is 7.54. The lowest BCUT2D eigenvalue weighted by Crippen LogP contribution is -2.46. The molecule has 0 saturated carbocycles. The Balaban J connectivity index is 1.24. The van der Waals surface area contributed by atoms with E-state index >= 15 is 0 Å². The molecule has 0 bridgehead atoms. The second-order valence-corrected chi connectivity index (χ2v) is 9.44. The van der Waals surface area contributed by atoms with Crippen molar-refractivity contribution in [2.24, 2.45) is 7.05 Å². The predicted molar refractivity (Wildman–Crippen MR) is 142 cm³/mol. The van der Waals surface area contributed by atoms with Gasteiger partial charge in [0, 0.05) is 86.8 Å². The standard InChI is InChI=1S/C28H27N9/c1-20-4-3-7-30-26(20)19-35-8-10-36(11-9-35)27-6-5-21(14-31-27)25-12-22(24-16-32-34(2)17-24)18-37-28(25)23(13-29)15-33-37/h3-7,12,14-18H,8-11,19H2,1-2H3. The largest absolute Gasteiger partial charge is 0.354 e. The molecule has 9 heteroatoms. The summed E-state index contributed by atoms with van der Waals surface area (Å²) in [5.74, 6) is 0.964. The summed E-state index contributed by atoms with van der Waals surface area (Å²) in [5, 5.41) is 18.4. The average Bonchev–Trinajstić information content (AvgIpc) is 3.56. The molecular weight excluding hydrogens is 462 g/mol. The summed E-state index contributed by atoms with van der Waals surface area (Å²) < 4.78 is 3.54. The van der Waals surface area contributed by atoms with Gasteiger partial charge in [0.1, 0.15) is 11.9 Å². The van der Waals surface area contributed by atoms with Crippen LogP contribution in [0.1, 0.15) is 16.8 Å². The number of fused-ring (bicyclic) bond motifs is 1. The van der Waals surface area contributed by atoms with Crippen molar-refractivity contribution >= 4 is 11.3 Å². The van der Waals surface area contributed by atoms with Crippen molar-refractivity contribution in [1.82, 2.24) is 34.3 Å². The lowest BCUT2D eigenvalue weighted by Gasteiger charge is -2.35. The molecule has 0 amide bonds. The van der Waals surface area contributed by atoms with Crippen LogP contribution in [0.5, 0.6) is 0 Å². The van der Waals surface area contributed by atoms with Crippen LogP contribution >= 0.6 is 0 Å². The highest BCUT2D eigenvalue weighted by Gasteiger charge is 2.20. The van der Waals surface area contributed by atoms with Crippen molar-refractivity contribution in [3.05, 3.63) is 84.3 Å². The summed E-state index contributed by atoms with van der Waals surface area (Å²) >= 11 is 0. The van der Waals surface area contributed by atoms with Gasteiger partial charge in [-0.05, 0) is 36.8 Å². The third-order valence-corrected chi connectivity index (χ3v) is 7.02. The third kappa shape index (κ3) is 4.43. The van der Waals surface area contributed by atoms with E-state index in [1.54, 1.807) is 15.4 Å². The van der Waals surface area contributed by atoms with Gasteiger partial charge in [0.25, 0.3) is 0 Å². The Morgan fingerprint density at radius 2 is 1.78 bits per heavy atom. The third-order valence-electron chi connectivity index (χ3n) is 7.02. The van der Waals surface area contributed by atoms with Crippen LogP contribution in [-0.4, -0.2) is 60.4 Å². The molecule has 37 heavy (non-hydrogen) atoms. The van der Waals surface area contributed by atoms with E-state index < -0.39 is 0 Å². The number of hydrogen-bond donors (Lipinski definition) is 0. The Labute approximate surface area is 215 Å². The molecular formula is C28H27N9. The van der Waals surface area contributed by atoms with Crippen molar-refractivity contribution in [3.8, 4) is 28.3 Å². The number of anilines is 1. The van der Waals surface area contributed by atoms with E-state index in [4.69, 9.17) is 4.98 Å². The van der Waals surface area contributed by atoms with Crippen molar-refractivity contribution < 1.29 is 0 Å². The van der Waals surface area contributed by atoms with Gasteiger partial charge in [-0.1, -0.05) is 6.07 Å². The molecule has 1 saturated heterocycles. The van der Waals surface area contributed by atoms with Gasteiger partial charge < -0.3 is 4.90 Å². The SMILES string of the molecule is Cc1cccnc1CN1CCN(c2ccc(-c3cc(-c4cnn(C)c4)cn4ncc(C#N)c34)cn2)CC1. The van der Waals surface area contributed by atoms with E-state index in [0.29, 0.717) is 5.56 Å². The smallest absolute Gasteiger partial charge is 0.128 e. The fourth-order valence-electron chi connectivity index (χ4n) is 4.91. The first-order chi connectivity index (χ1) is 18.1. The van der Waals surface area contributed by atoms with Crippen molar-refractivity contribution in [2.75, 3.05) is 31.1 Å². The minimum atomic E-state index is 0.538. The zero-order chi connectivity index (χ0) is 25.4. The molecule has 6 rings (SSSR count). The molecule has 5 aromatic heterocycles. The minimum absolute atomic E-state index is 0.538. The quantitative estimate of drug-likeness (QED) is 0.372. The molecule has 0 aromatic carbocycles. The van der Waals surface area contributed by atoms with E-state index in [-0.39, 0.29) is 0 Å². The fraction of sp³-hybridized carbons (Fsp3) is 0.250. The summed E-state index contributed by atoms with van der Waals surface area (Å²) in [7, 11) is 1.90. The summed E-state index contributed by atoms with van der Waals surface area (Å²) in [4.78, 5) is 14.1. The van der Waals surface area contributed by atoms with E-state index in [1.165, 1.54) is 5.56 Å². The lowest BCUT2D eigenvalue weighted by atomic mass is 10.0. The van der Waals surface area contributed by atoms with Gasteiger partial charge in [0.15, 0.2) is 0 Å². The zero-order valence-corrected chi connectivity index (χ0v) is 20.9. The Morgan fingerprint density at radius 3 is 2.49 bits per heavy atom. The van der Waals surface area contributed by atoms with Gasteiger partial charge in [-0.2, -0.15) is 15.5 Å². The Hall–Kier alpha value is -4.55. The molecule has 0 spiro atoms. The van der Waals surface area contributed by atoms with Gasteiger partial charge in [-0.15, -0.1) is 0 Å². The average molecular weight is 490 g/mol. The molecule has 0 radical (unpaired) electrons. The van der Waals surface area contributed by atoms with Gasteiger partial charge in [-0.3, -0.25) is 14.6 Å². The van der Waals surface area contributed by atoms with Gasteiger partial charge in [-0.25, -0.2) is 9.50 Å². The Bertz CT molecular complexity index is 1600. The summed E-state index contributed by atoms with van der Waals surface area (Å²) in [6, 6.07) is 12.6. The second kappa shape index (κ2) is 9.48. The molecule has 0 N–H and O–H groups in total. The first-order valence-corrected chi connectivity index (χ1v) is 12.3. The van der Waals surface area contributed by atoms with Crippen LogP contribution in [0.2, 0.25) is 0 Å². The molecule has 0 atom stereocenters. The van der Waals surface area contributed by atoms with Gasteiger partial charge in [0.05, 0.1) is 29.2 Å². The first kappa shape index (κ1) is 22.9. The van der Waals surface area contributed by atoms with Crippen LogP contribution in [0.4, 0.5) is 5.82 Å². The zero-order valence-electron chi connectivity index (χ0n) is 20.9. The molecule has 0 aliphatic carbocycles. The molecule has 1 aliphatic heterocycles. The number of nitriles is 1. The van der Waals surface area contributed by atoms with E-state index in [0.717, 1.165) is 72.0 Å². The monoisotopic (exact) mass is 489 g/mol. The lowest BCUT2D eigenvalue weighted by molar-refractivity contribution is 0.246.